The van der Waals surface area contributed by atoms with Crippen molar-refractivity contribution in [3.63, 3.8) is 0 Å². The number of thiophene rings is 1. The molecule has 4 nitrogen and oxygen atoms in total. The number of rotatable bonds is 7. The van der Waals surface area contributed by atoms with E-state index in [2.05, 4.69) is 375 Å². The molecule has 0 radical (unpaired) electrons. The molecule has 2 aliphatic heterocycles. The summed E-state index contributed by atoms with van der Waals surface area (Å²) in [5, 5.41) is 7.44. The Morgan fingerprint density at radius 3 is 1.32 bits per heavy atom. The zero-order chi connectivity index (χ0) is 68.5. The van der Waals surface area contributed by atoms with Crippen molar-refractivity contribution in [2.24, 2.45) is 0 Å². The first kappa shape index (κ1) is 61.7. The Balaban J connectivity index is 1.01. The van der Waals surface area contributed by atoms with Crippen LogP contribution >= 0.6 is 11.3 Å². The summed E-state index contributed by atoms with van der Waals surface area (Å²) in [6.45, 7) is 28.2. The molecule has 0 amide bonds. The molecule has 0 bridgehead atoms. The second-order valence-electron chi connectivity index (χ2n) is 32.2. The monoisotopic (exact) mass is 1310 g/mol. The van der Waals surface area contributed by atoms with Crippen LogP contribution in [-0.4, -0.2) is 15.8 Å². The van der Waals surface area contributed by atoms with Crippen molar-refractivity contribution in [2.75, 3.05) is 9.80 Å². The minimum Gasteiger partial charge on any atom is -0.310 e. The Labute approximate surface area is 592 Å². The SMILES string of the molecule is CC(C)(C)c1cc(-c2ccc3c(c2)N(c2cccc4c2sc2ccccc24)c2cc(C(C)(C)C)cc4c2B3c2ccc(-n3c5ccccc5c5ccc6c7ccccc7n(-c7ccccc7)c6c53)cc2N4c2c(-c3ccccc3)cc(C(C)(C)C)cc2-c2ccccc2)cc(C(C)(C)C)c1. The van der Waals surface area contributed by atoms with Gasteiger partial charge in [0.15, 0.2) is 0 Å². The molecule has 13 aromatic carbocycles. The lowest BCUT2D eigenvalue weighted by atomic mass is 9.33. The van der Waals surface area contributed by atoms with Gasteiger partial charge in [-0.15, -0.1) is 11.3 Å². The minimum atomic E-state index is -0.283. The topological polar surface area (TPSA) is 16.3 Å². The summed E-state index contributed by atoms with van der Waals surface area (Å²) in [4.78, 5) is 5.44. The summed E-state index contributed by atoms with van der Waals surface area (Å²) in [6, 6.07) is 105. The molecule has 100 heavy (non-hydrogen) atoms. The van der Waals surface area contributed by atoms with Crippen molar-refractivity contribution < 1.29 is 0 Å². The number of hydrogen-bond acceptors (Lipinski definition) is 3. The lowest BCUT2D eigenvalue weighted by Gasteiger charge is -2.46. The van der Waals surface area contributed by atoms with Gasteiger partial charge < -0.3 is 18.9 Å². The largest absolute Gasteiger partial charge is 0.310 e. The quantitative estimate of drug-likeness (QED) is 0.148. The van der Waals surface area contributed by atoms with Crippen LogP contribution in [0.15, 0.2) is 273 Å². The molecule has 0 unspecified atom stereocenters. The Kier molecular flexibility index (Phi) is 13.8. The normalized spacial score (nSPS) is 13.3. The van der Waals surface area contributed by atoms with Crippen LogP contribution in [0.2, 0.25) is 0 Å². The Bertz CT molecular complexity index is 5930. The maximum absolute atomic E-state index is 2.74. The van der Waals surface area contributed by atoms with Crippen molar-refractivity contribution in [3.05, 3.63) is 295 Å². The van der Waals surface area contributed by atoms with Gasteiger partial charge in [-0.3, -0.25) is 0 Å². The van der Waals surface area contributed by atoms with Crippen LogP contribution in [0.1, 0.15) is 105 Å². The van der Waals surface area contributed by atoms with E-state index in [9.17, 15) is 0 Å². The zero-order valence-corrected chi connectivity index (χ0v) is 60.1. The molecule has 6 heteroatoms. The fraction of sp³-hybridized carbons (Fsp3) is 0.170. The van der Waals surface area contributed by atoms with E-state index in [-0.39, 0.29) is 28.4 Å². The standard InChI is InChI=1S/C94H81BN4S/c1-91(2,3)62-49-61(50-63(52-62)92(4,5)6)60-43-47-76-81(51-60)98(80-41-28-38-73-70-37-24-27-42-85(70)100-90(73)80)83-55-65(94(10,11)12)56-84-86(83)95(76)77-48-44-67(57-82(77)99(84)87-74(58-29-16-13-17-30-58)53-64(93(7,8)9)54-75(87)59-31-18-14-19-32-59)97-79-40-26-23-36-69(79)72-46-45-71-68-35-22-25-39-78(68)96(88(71)89(72)97)66-33-20-15-21-34-66/h13-57H,1-12H3. The zero-order valence-electron chi connectivity index (χ0n) is 59.3. The smallest absolute Gasteiger partial charge is 0.252 e. The first-order valence-electron chi connectivity index (χ1n) is 35.6. The predicted octanol–water partition coefficient (Wildman–Crippen LogP) is 24.5. The molecule has 0 aliphatic carbocycles. The number of para-hydroxylation sites is 3. The highest BCUT2D eigenvalue weighted by Crippen LogP contribution is 2.55. The summed E-state index contributed by atoms with van der Waals surface area (Å²) in [5.41, 5.74) is 29.6. The second kappa shape index (κ2) is 22.4. The van der Waals surface area contributed by atoms with Crippen LogP contribution in [0.4, 0.5) is 34.1 Å². The van der Waals surface area contributed by atoms with Crippen LogP contribution in [0.5, 0.6) is 0 Å². The second-order valence-corrected chi connectivity index (χ2v) is 33.2. The van der Waals surface area contributed by atoms with E-state index in [1.165, 1.54) is 153 Å². The van der Waals surface area contributed by atoms with E-state index in [0.717, 1.165) is 28.3 Å². The summed E-state index contributed by atoms with van der Waals surface area (Å²) in [6.07, 6.45) is 0. The van der Waals surface area contributed by atoms with Gasteiger partial charge in [0, 0.05) is 82.3 Å². The molecule has 0 N–H and O–H groups in total. The average molecular weight is 1310 g/mol. The van der Waals surface area contributed by atoms with Gasteiger partial charge in [-0.2, -0.15) is 0 Å². The highest BCUT2D eigenvalue weighted by molar-refractivity contribution is 7.26. The van der Waals surface area contributed by atoms with Crippen LogP contribution in [-0.2, 0) is 21.7 Å². The molecule has 0 spiro atoms. The molecule has 0 atom stereocenters. The third-order valence-corrected chi connectivity index (χ3v) is 22.9. The molecule has 0 fully saturated rings. The van der Waals surface area contributed by atoms with Crippen molar-refractivity contribution in [2.45, 2.75) is 105 Å². The lowest BCUT2D eigenvalue weighted by Crippen LogP contribution is -2.61. The van der Waals surface area contributed by atoms with Crippen LogP contribution in [0.25, 0.3) is 109 Å². The average Bonchev–Trinajstić information content (AvgIpc) is 0.894. The molecule has 5 heterocycles. The van der Waals surface area contributed by atoms with Gasteiger partial charge in [0.2, 0.25) is 0 Å². The molecule has 0 saturated heterocycles. The molecule has 16 aromatic rings. The minimum absolute atomic E-state index is 0.0678. The third kappa shape index (κ3) is 9.68. The summed E-state index contributed by atoms with van der Waals surface area (Å²) < 4.78 is 7.67. The van der Waals surface area contributed by atoms with E-state index in [1.807, 2.05) is 11.3 Å². The Morgan fingerprint density at radius 2 is 0.750 bits per heavy atom. The number of aromatic nitrogens is 2. The molecule has 3 aromatic heterocycles. The molecular formula is C94H81BN4S. The van der Waals surface area contributed by atoms with Gasteiger partial charge in [0.25, 0.3) is 6.71 Å². The number of nitrogens with zero attached hydrogens (tertiary/aromatic N) is 4. The number of benzene rings is 13. The van der Waals surface area contributed by atoms with Crippen molar-refractivity contribution >= 4 is 132 Å². The van der Waals surface area contributed by atoms with Gasteiger partial charge >= 0.3 is 0 Å². The Morgan fingerprint density at radius 1 is 0.290 bits per heavy atom. The van der Waals surface area contributed by atoms with E-state index in [0.29, 0.717) is 0 Å². The molecule has 2 aliphatic rings. The molecule has 486 valence electrons. The van der Waals surface area contributed by atoms with Crippen molar-refractivity contribution in [3.8, 4) is 44.8 Å². The molecular weight excluding hydrogens is 1230 g/mol. The summed E-state index contributed by atoms with van der Waals surface area (Å²) >= 11 is 1.91. The maximum Gasteiger partial charge on any atom is 0.252 e. The maximum atomic E-state index is 2.74. The number of hydrogen-bond donors (Lipinski definition) is 0. The van der Waals surface area contributed by atoms with Gasteiger partial charge in [-0.25, -0.2) is 0 Å². The van der Waals surface area contributed by atoms with E-state index in [1.54, 1.807) is 0 Å². The fourth-order valence-corrected chi connectivity index (χ4v) is 17.6. The highest BCUT2D eigenvalue weighted by atomic mass is 32.1. The first-order valence-corrected chi connectivity index (χ1v) is 36.4. The van der Waals surface area contributed by atoms with E-state index in [4.69, 9.17) is 0 Å². The summed E-state index contributed by atoms with van der Waals surface area (Å²) in [5.74, 6) is 0. The Hall–Kier alpha value is -10.7. The fourth-order valence-electron chi connectivity index (χ4n) is 16.4. The van der Waals surface area contributed by atoms with Crippen LogP contribution < -0.4 is 26.2 Å². The van der Waals surface area contributed by atoms with Crippen LogP contribution in [0.3, 0.4) is 0 Å². The highest BCUT2D eigenvalue weighted by Gasteiger charge is 2.46. The third-order valence-electron chi connectivity index (χ3n) is 21.7. The van der Waals surface area contributed by atoms with Gasteiger partial charge in [-0.1, -0.05) is 277 Å². The van der Waals surface area contributed by atoms with Gasteiger partial charge in [-0.05, 0) is 161 Å². The van der Waals surface area contributed by atoms with Crippen molar-refractivity contribution in [1.82, 2.24) is 9.13 Å². The van der Waals surface area contributed by atoms with Gasteiger partial charge in [0.1, 0.15) is 0 Å². The predicted molar refractivity (Wildman–Crippen MR) is 433 cm³/mol. The number of anilines is 6. The number of fused-ring (bicyclic) bond motifs is 14. The first-order chi connectivity index (χ1) is 48.2. The van der Waals surface area contributed by atoms with Gasteiger partial charge in [0.05, 0.1) is 38.1 Å². The lowest BCUT2D eigenvalue weighted by molar-refractivity contribution is 0.569. The van der Waals surface area contributed by atoms with Crippen LogP contribution in [0, 0.1) is 0 Å². The van der Waals surface area contributed by atoms with E-state index < -0.39 is 0 Å². The molecule has 0 saturated carbocycles. The van der Waals surface area contributed by atoms with E-state index >= 15 is 0 Å². The summed E-state index contributed by atoms with van der Waals surface area (Å²) in [7, 11) is 0. The van der Waals surface area contributed by atoms with Crippen molar-refractivity contribution in [1.29, 1.82) is 0 Å². The molecule has 18 rings (SSSR count).